The van der Waals surface area contributed by atoms with Gasteiger partial charge in [-0.05, 0) is 12.1 Å². The van der Waals surface area contributed by atoms with Crippen molar-refractivity contribution in [1.82, 2.24) is 9.62 Å². The van der Waals surface area contributed by atoms with Crippen molar-refractivity contribution in [3.63, 3.8) is 0 Å². The van der Waals surface area contributed by atoms with Gasteiger partial charge in [-0.25, -0.2) is 26.7 Å². The average Bonchev–Trinajstić information content (AvgIpc) is 2.50. The van der Waals surface area contributed by atoms with Gasteiger partial charge in [-0.1, -0.05) is 0 Å². The van der Waals surface area contributed by atoms with Crippen molar-refractivity contribution in [3.8, 4) is 0 Å². The Kier molecular flexibility index (Phi) is 5.63. The minimum atomic E-state index is -4.13. The molecule has 0 aromatic heterocycles. The van der Waals surface area contributed by atoms with Gasteiger partial charge in [0.2, 0.25) is 10.0 Å². The number of nitrogens with zero attached hydrogens (tertiary/aromatic N) is 1. The number of halogens is 2. The molecule has 128 valence electrons. The molecule has 23 heavy (non-hydrogen) atoms. The van der Waals surface area contributed by atoms with Gasteiger partial charge in [-0.15, -0.1) is 0 Å². The Hall–Kier alpha value is -1.62. The lowest BCUT2D eigenvalue weighted by Crippen LogP contribution is -2.41. The summed E-state index contributed by atoms with van der Waals surface area (Å²) in [7, 11) is -4.13. The number of ether oxygens (including phenoxy) is 1. The number of aromatic carboxylic acids is 1. The monoisotopic (exact) mass is 350 g/mol. The molecule has 0 spiro atoms. The molecule has 1 aromatic carbocycles. The molecule has 2 N–H and O–H groups in total. The Morgan fingerprint density at radius 1 is 1.30 bits per heavy atom. The summed E-state index contributed by atoms with van der Waals surface area (Å²) >= 11 is 0. The molecule has 1 aliphatic heterocycles. The highest BCUT2D eigenvalue weighted by Gasteiger charge is 2.23. The quantitative estimate of drug-likeness (QED) is 0.765. The number of sulfonamides is 1. The van der Waals surface area contributed by atoms with E-state index in [0.29, 0.717) is 45.0 Å². The molecule has 7 nitrogen and oxygen atoms in total. The van der Waals surface area contributed by atoms with Crippen LogP contribution in [-0.4, -0.2) is 63.8 Å². The van der Waals surface area contributed by atoms with Crippen LogP contribution < -0.4 is 4.72 Å². The van der Waals surface area contributed by atoms with Gasteiger partial charge < -0.3 is 9.84 Å². The lowest BCUT2D eigenvalue weighted by atomic mass is 10.2. The lowest BCUT2D eigenvalue weighted by Gasteiger charge is -2.26. The van der Waals surface area contributed by atoms with Crippen molar-refractivity contribution in [1.29, 1.82) is 0 Å². The van der Waals surface area contributed by atoms with E-state index in [2.05, 4.69) is 4.72 Å². The minimum Gasteiger partial charge on any atom is -0.478 e. The third-order valence-corrected chi connectivity index (χ3v) is 4.81. The molecule has 0 aliphatic carbocycles. The summed E-state index contributed by atoms with van der Waals surface area (Å²) in [5, 5.41) is 8.79. The van der Waals surface area contributed by atoms with E-state index in [1.54, 1.807) is 0 Å². The van der Waals surface area contributed by atoms with E-state index in [1.807, 2.05) is 4.90 Å². The zero-order valence-corrected chi connectivity index (χ0v) is 12.9. The van der Waals surface area contributed by atoms with E-state index >= 15 is 0 Å². The summed E-state index contributed by atoms with van der Waals surface area (Å²) in [5.41, 5.74) is -1.03. The summed E-state index contributed by atoms with van der Waals surface area (Å²) in [4.78, 5) is 12.2. The first-order chi connectivity index (χ1) is 10.8. The van der Waals surface area contributed by atoms with Gasteiger partial charge in [0.25, 0.3) is 0 Å². The predicted molar refractivity (Wildman–Crippen MR) is 75.8 cm³/mol. The van der Waals surface area contributed by atoms with Crippen LogP contribution in [0.15, 0.2) is 17.0 Å². The molecule has 2 rings (SSSR count). The molecule has 1 heterocycles. The van der Waals surface area contributed by atoms with Gasteiger partial charge in [-0.3, -0.25) is 4.90 Å². The number of hydrogen-bond acceptors (Lipinski definition) is 5. The molecule has 0 amide bonds. The van der Waals surface area contributed by atoms with Gasteiger partial charge in [0.1, 0.15) is 0 Å². The molecule has 0 atom stereocenters. The van der Waals surface area contributed by atoms with E-state index in [1.165, 1.54) is 0 Å². The largest absolute Gasteiger partial charge is 0.478 e. The Morgan fingerprint density at radius 2 is 1.96 bits per heavy atom. The van der Waals surface area contributed by atoms with Crippen LogP contribution >= 0.6 is 0 Å². The van der Waals surface area contributed by atoms with Crippen LogP contribution in [0.2, 0.25) is 0 Å². The van der Waals surface area contributed by atoms with Crippen molar-refractivity contribution >= 4 is 16.0 Å². The summed E-state index contributed by atoms with van der Waals surface area (Å²) in [6.07, 6.45) is 0. The van der Waals surface area contributed by atoms with Crippen molar-refractivity contribution < 1.29 is 31.8 Å². The SMILES string of the molecule is O=C(O)c1cc(S(=O)(=O)NCCN2CCOCC2)cc(F)c1F. The third kappa shape index (κ3) is 4.44. The first kappa shape index (κ1) is 17.7. The van der Waals surface area contributed by atoms with Crippen LogP contribution in [0.1, 0.15) is 10.4 Å². The second-order valence-corrected chi connectivity index (χ2v) is 6.69. The molecule has 1 fully saturated rings. The average molecular weight is 350 g/mol. The fourth-order valence-electron chi connectivity index (χ4n) is 2.12. The van der Waals surface area contributed by atoms with Crippen LogP contribution in [0, 0.1) is 11.6 Å². The maximum absolute atomic E-state index is 13.4. The highest BCUT2D eigenvalue weighted by atomic mass is 32.2. The second kappa shape index (κ2) is 7.30. The topological polar surface area (TPSA) is 95.9 Å². The Labute approximate surface area is 131 Å². The molecule has 0 unspecified atom stereocenters. The summed E-state index contributed by atoms with van der Waals surface area (Å²) in [5.74, 6) is -4.87. The summed E-state index contributed by atoms with van der Waals surface area (Å²) in [6, 6.07) is 1.05. The first-order valence-corrected chi connectivity index (χ1v) is 8.31. The molecule has 1 aromatic rings. The van der Waals surface area contributed by atoms with Crippen LogP contribution in [0.3, 0.4) is 0 Å². The van der Waals surface area contributed by atoms with E-state index in [9.17, 15) is 22.0 Å². The molecule has 10 heteroatoms. The Balaban J connectivity index is 2.08. The Morgan fingerprint density at radius 3 is 2.57 bits per heavy atom. The molecule has 0 radical (unpaired) electrons. The van der Waals surface area contributed by atoms with Crippen LogP contribution in [0.25, 0.3) is 0 Å². The van der Waals surface area contributed by atoms with E-state index < -0.39 is 38.1 Å². The van der Waals surface area contributed by atoms with Gasteiger partial charge >= 0.3 is 5.97 Å². The van der Waals surface area contributed by atoms with Crippen LogP contribution in [0.4, 0.5) is 8.78 Å². The summed E-state index contributed by atoms with van der Waals surface area (Å²) < 4.78 is 58.3. The predicted octanol–water partition coefficient (Wildman–Crippen LogP) is 0.273. The fraction of sp³-hybridized carbons (Fsp3) is 0.462. The van der Waals surface area contributed by atoms with E-state index in [4.69, 9.17) is 9.84 Å². The number of nitrogens with one attached hydrogen (secondary N) is 1. The van der Waals surface area contributed by atoms with Gasteiger partial charge in [0.15, 0.2) is 11.6 Å². The van der Waals surface area contributed by atoms with Crippen LogP contribution in [-0.2, 0) is 14.8 Å². The van der Waals surface area contributed by atoms with Gasteiger partial charge in [0.05, 0.1) is 23.7 Å². The number of hydrogen-bond donors (Lipinski definition) is 2. The van der Waals surface area contributed by atoms with E-state index in [0.717, 1.165) is 0 Å². The van der Waals surface area contributed by atoms with Gasteiger partial charge in [-0.2, -0.15) is 0 Å². The van der Waals surface area contributed by atoms with E-state index in [-0.39, 0.29) is 6.54 Å². The zero-order valence-electron chi connectivity index (χ0n) is 12.1. The van der Waals surface area contributed by atoms with Crippen LogP contribution in [0.5, 0.6) is 0 Å². The molecule has 0 bridgehead atoms. The number of benzene rings is 1. The molecular weight excluding hydrogens is 334 g/mol. The fourth-order valence-corrected chi connectivity index (χ4v) is 3.18. The third-order valence-electron chi connectivity index (χ3n) is 3.37. The maximum Gasteiger partial charge on any atom is 0.338 e. The molecule has 0 saturated carbocycles. The van der Waals surface area contributed by atoms with Crippen molar-refractivity contribution in [2.24, 2.45) is 0 Å². The highest BCUT2D eigenvalue weighted by molar-refractivity contribution is 7.89. The number of carbonyl (C=O) groups is 1. The zero-order chi connectivity index (χ0) is 17.0. The molecular formula is C13H16F2N2O5S. The first-order valence-electron chi connectivity index (χ1n) is 6.83. The van der Waals surface area contributed by atoms with Gasteiger partial charge in [0, 0.05) is 26.2 Å². The van der Waals surface area contributed by atoms with Crippen molar-refractivity contribution in [2.45, 2.75) is 4.90 Å². The normalized spacial score (nSPS) is 16.4. The second-order valence-electron chi connectivity index (χ2n) is 4.92. The number of morpholine rings is 1. The molecule has 1 aliphatic rings. The maximum atomic E-state index is 13.4. The molecule has 1 saturated heterocycles. The number of carboxylic acid groups (broad SMARTS) is 1. The lowest BCUT2D eigenvalue weighted by molar-refractivity contribution is 0.0390. The standard InChI is InChI=1S/C13H16F2N2O5S/c14-11-8-9(7-10(12(11)15)13(18)19)23(20,21)16-1-2-17-3-5-22-6-4-17/h7-8,16H,1-6H2,(H,18,19). The smallest absolute Gasteiger partial charge is 0.338 e. The number of rotatable bonds is 6. The number of carboxylic acids is 1. The minimum absolute atomic E-state index is 0.0593. The Bertz CT molecular complexity index is 690. The highest BCUT2D eigenvalue weighted by Crippen LogP contribution is 2.18. The summed E-state index contributed by atoms with van der Waals surface area (Å²) in [6.45, 7) is 2.98. The van der Waals surface area contributed by atoms with Crippen molar-refractivity contribution in [2.75, 3.05) is 39.4 Å². The van der Waals surface area contributed by atoms with Crippen molar-refractivity contribution in [3.05, 3.63) is 29.3 Å².